The van der Waals surface area contributed by atoms with Crippen molar-refractivity contribution in [2.75, 3.05) is 0 Å². The van der Waals surface area contributed by atoms with Gasteiger partial charge < -0.3 is 5.73 Å². The Morgan fingerprint density at radius 1 is 1.58 bits per heavy atom. The van der Waals surface area contributed by atoms with E-state index in [0.717, 1.165) is 24.1 Å². The first kappa shape index (κ1) is 12.0. The monoisotopic (exact) mass is 256 g/mol. The number of aromatic nitrogens is 3. The van der Waals surface area contributed by atoms with E-state index < -0.39 is 6.04 Å². The molecule has 1 aliphatic rings. The second-order valence-corrected chi connectivity index (χ2v) is 4.97. The van der Waals surface area contributed by atoms with Gasteiger partial charge in [-0.1, -0.05) is 6.07 Å². The number of rotatable bonds is 3. The first-order chi connectivity index (χ1) is 9.16. The molecule has 19 heavy (non-hydrogen) atoms. The molecule has 1 aliphatic carbocycles. The molecule has 2 aromatic heterocycles. The average molecular weight is 256 g/mol. The Morgan fingerprint density at radius 2 is 2.42 bits per heavy atom. The number of nitrogens with zero attached hydrogens (tertiary/aromatic N) is 3. The summed E-state index contributed by atoms with van der Waals surface area (Å²) in [7, 11) is 1.81. The third kappa shape index (κ3) is 2.06. The van der Waals surface area contributed by atoms with E-state index in [1.165, 1.54) is 5.56 Å². The van der Waals surface area contributed by atoms with Crippen molar-refractivity contribution < 1.29 is 4.79 Å². The molecule has 98 valence electrons. The molecule has 2 atom stereocenters. The zero-order chi connectivity index (χ0) is 13.4. The molecule has 0 saturated carbocycles. The molecule has 2 unspecified atom stereocenters. The van der Waals surface area contributed by atoms with Crippen LogP contribution in [0.5, 0.6) is 0 Å². The first-order valence-electron chi connectivity index (χ1n) is 6.38. The molecular formula is C14H16N4O. The minimum atomic E-state index is -0.619. The summed E-state index contributed by atoms with van der Waals surface area (Å²) in [5.41, 5.74) is 8.88. The van der Waals surface area contributed by atoms with Gasteiger partial charge in [0.05, 0.1) is 23.9 Å². The van der Waals surface area contributed by atoms with Gasteiger partial charge in [-0.05, 0) is 24.5 Å². The maximum atomic E-state index is 12.5. The number of hydrogen-bond acceptors (Lipinski definition) is 4. The number of aryl methyl sites for hydroxylation is 2. The normalized spacial score (nSPS) is 19.2. The van der Waals surface area contributed by atoms with Crippen LogP contribution in [0.15, 0.2) is 30.7 Å². The second-order valence-electron chi connectivity index (χ2n) is 4.97. The molecule has 0 amide bonds. The number of Topliss-reactive ketones (excluding diaryl/α,β-unsaturated/α-hetero) is 1. The van der Waals surface area contributed by atoms with Gasteiger partial charge in [0.2, 0.25) is 0 Å². The summed E-state index contributed by atoms with van der Waals surface area (Å²) in [4.78, 5) is 16.9. The van der Waals surface area contributed by atoms with E-state index in [-0.39, 0.29) is 11.7 Å². The number of carbonyl (C=O) groups excluding carboxylic acids is 1. The Labute approximate surface area is 111 Å². The largest absolute Gasteiger partial charge is 0.318 e. The quantitative estimate of drug-likeness (QED) is 0.893. The van der Waals surface area contributed by atoms with Gasteiger partial charge in [-0.3, -0.25) is 14.5 Å². The molecule has 0 radical (unpaired) electrons. The molecule has 0 fully saturated rings. The van der Waals surface area contributed by atoms with Crippen molar-refractivity contribution >= 4 is 5.78 Å². The maximum absolute atomic E-state index is 12.5. The average Bonchev–Trinajstić information content (AvgIpc) is 3.03. The molecule has 5 heteroatoms. The van der Waals surface area contributed by atoms with Crippen LogP contribution in [-0.2, 0) is 18.3 Å². The lowest BCUT2D eigenvalue weighted by Gasteiger charge is -2.14. The third-order valence-electron chi connectivity index (χ3n) is 3.69. The summed E-state index contributed by atoms with van der Waals surface area (Å²) in [6, 6.07) is 3.32. The van der Waals surface area contributed by atoms with Gasteiger partial charge >= 0.3 is 0 Å². The van der Waals surface area contributed by atoms with Crippen molar-refractivity contribution in [3.05, 3.63) is 47.5 Å². The molecule has 0 aliphatic heterocycles. The molecule has 2 N–H and O–H groups in total. The molecule has 0 saturated heterocycles. The van der Waals surface area contributed by atoms with E-state index in [2.05, 4.69) is 10.1 Å². The Bertz CT molecular complexity index is 619. The fourth-order valence-electron chi connectivity index (χ4n) is 2.67. The molecule has 0 bridgehead atoms. The SMILES string of the molecule is Cn1cc(C(N)C(=O)C2CCc3cccnc32)cn1. The van der Waals surface area contributed by atoms with Crippen LogP contribution < -0.4 is 5.73 Å². The van der Waals surface area contributed by atoms with Crippen LogP contribution >= 0.6 is 0 Å². The highest BCUT2D eigenvalue weighted by molar-refractivity contribution is 5.91. The summed E-state index contributed by atoms with van der Waals surface area (Å²) in [6.45, 7) is 0. The predicted molar refractivity (Wildman–Crippen MR) is 70.4 cm³/mol. The Hall–Kier alpha value is -2.01. The molecular weight excluding hydrogens is 240 g/mol. The zero-order valence-electron chi connectivity index (χ0n) is 10.8. The minimum absolute atomic E-state index is 0.0328. The smallest absolute Gasteiger partial charge is 0.163 e. The van der Waals surface area contributed by atoms with Gasteiger partial charge in [-0.15, -0.1) is 0 Å². The van der Waals surface area contributed by atoms with Gasteiger partial charge in [-0.25, -0.2) is 0 Å². The third-order valence-corrected chi connectivity index (χ3v) is 3.69. The van der Waals surface area contributed by atoms with Crippen LogP contribution in [0.3, 0.4) is 0 Å². The first-order valence-corrected chi connectivity index (χ1v) is 6.38. The summed E-state index contributed by atoms with van der Waals surface area (Å²) >= 11 is 0. The van der Waals surface area contributed by atoms with Gasteiger partial charge in [0.25, 0.3) is 0 Å². The Balaban J connectivity index is 1.86. The predicted octanol–water partition coefficient (Wildman–Crippen LogP) is 1.11. The lowest BCUT2D eigenvalue weighted by atomic mass is 9.93. The van der Waals surface area contributed by atoms with Crippen molar-refractivity contribution in [2.24, 2.45) is 12.8 Å². The fourth-order valence-corrected chi connectivity index (χ4v) is 2.67. The Kier molecular flexibility index (Phi) is 2.91. The van der Waals surface area contributed by atoms with E-state index in [1.54, 1.807) is 23.3 Å². The molecule has 2 heterocycles. The van der Waals surface area contributed by atoms with Crippen LogP contribution in [-0.4, -0.2) is 20.5 Å². The lowest BCUT2D eigenvalue weighted by molar-refractivity contribution is -0.121. The summed E-state index contributed by atoms with van der Waals surface area (Å²) < 4.78 is 1.66. The number of hydrogen-bond donors (Lipinski definition) is 1. The lowest BCUT2D eigenvalue weighted by Crippen LogP contribution is -2.26. The van der Waals surface area contributed by atoms with Crippen molar-refractivity contribution in [1.29, 1.82) is 0 Å². The van der Waals surface area contributed by atoms with Crippen molar-refractivity contribution in [2.45, 2.75) is 24.8 Å². The van der Waals surface area contributed by atoms with Crippen molar-refractivity contribution in [3.63, 3.8) is 0 Å². The maximum Gasteiger partial charge on any atom is 0.163 e. The van der Waals surface area contributed by atoms with Crippen LogP contribution in [0.2, 0.25) is 0 Å². The molecule has 5 nitrogen and oxygen atoms in total. The molecule has 0 aromatic carbocycles. The fraction of sp³-hybridized carbons (Fsp3) is 0.357. The highest BCUT2D eigenvalue weighted by atomic mass is 16.1. The number of pyridine rings is 1. The second kappa shape index (κ2) is 4.59. The standard InChI is InChI=1S/C14H16N4O/c1-18-8-10(7-17-18)12(15)14(19)11-5-4-9-3-2-6-16-13(9)11/h2-3,6-8,11-12H,4-5,15H2,1H3. The van der Waals surface area contributed by atoms with E-state index in [0.29, 0.717) is 0 Å². The number of carbonyl (C=O) groups is 1. The van der Waals surface area contributed by atoms with Crippen LogP contribution in [0.25, 0.3) is 0 Å². The minimum Gasteiger partial charge on any atom is -0.318 e. The summed E-state index contributed by atoms with van der Waals surface area (Å²) in [5, 5.41) is 4.06. The van der Waals surface area contributed by atoms with Crippen molar-refractivity contribution in [1.82, 2.24) is 14.8 Å². The van der Waals surface area contributed by atoms with E-state index in [9.17, 15) is 4.79 Å². The van der Waals surface area contributed by atoms with Gasteiger partial charge in [0.1, 0.15) is 0 Å². The van der Waals surface area contributed by atoms with Gasteiger partial charge in [-0.2, -0.15) is 5.10 Å². The number of ketones is 1. The summed E-state index contributed by atoms with van der Waals surface area (Å²) in [6.07, 6.45) is 6.88. The van der Waals surface area contributed by atoms with E-state index in [1.807, 2.05) is 19.2 Å². The van der Waals surface area contributed by atoms with E-state index in [4.69, 9.17) is 5.73 Å². The zero-order valence-corrected chi connectivity index (χ0v) is 10.8. The molecule has 2 aromatic rings. The summed E-state index contributed by atoms with van der Waals surface area (Å²) in [5.74, 6) is -0.142. The van der Waals surface area contributed by atoms with Crippen LogP contribution in [0, 0.1) is 0 Å². The number of fused-ring (bicyclic) bond motifs is 1. The topological polar surface area (TPSA) is 73.8 Å². The highest BCUT2D eigenvalue weighted by Crippen LogP contribution is 2.34. The van der Waals surface area contributed by atoms with Gasteiger partial charge in [0.15, 0.2) is 5.78 Å². The number of nitrogens with two attached hydrogens (primary N) is 1. The highest BCUT2D eigenvalue weighted by Gasteiger charge is 2.33. The van der Waals surface area contributed by atoms with Crippen LogP contribution in [0.4, 0.5) is 0 Å². The molecule has 0 spiro atoms. The van der Waals surface area contributed by atoms with Crippen LogP contribution in [0.1, 0.15) is 35.2 Å². The Morgan fingerprint density at radius 3 is 3.16 bits per heavy atom. The van der Waals surface area contributed by atoms with Crippen molar-refractivity contribution in [3.8, 4) is 0 Å². The molecule has 3 rings (SSSR count). The van der Waals surface area contributed by atoms with E-state index >= 15 is 0 Å². The van der Waals surface area contributed by atoms with Gasteiger partial charge in [0, 0.05) is 25.0 Å².